The first kappa shape index (κ1) is 19.4. The molecule has 3 aliphatic rings. The lowest BCUT2D eigenvalue weighted by molar-refractivity contribution is -0.0993. The maximum absolute atomic E-state index is 6.37. The van der Waals surface area contributed by atoms with Crippen molar-refractivity contribution >= 4 is 22.6 Å². The number of halogens is 1. The molecule has 1 aliphatic heterocycles. The smallest absolute Gasteiger partial charge is 0.0590 e. The van der Waals surface area contributed by atoms with Crippen LogP contribution in [0.1, 0.15) is 59.3 Å². The molecule has 3 fully saturated rings. The minimum Gasteiger partial charge on any atom is -0.375 e. The second-order valence-electron chi connectivity index (χ2n) is 8.79. The quantitative estimate of drug-likeness (QED) is 0.341. The average Bonchev–Trinajstić information content (AvgIpc) is 2.52. The third-order valence-corrected chi connectivity index (χ3v) is 7.47. The normalized spacial score (nSPS) is 37.4. The molecule has 0 aromatic rings. The van der Waals surface area contributed by atoms with E-state index in [1.807, 2.05) is 0 Å². The monoisotopic (exact) mass is 448 g/mol. The van der Waals surface area contributed by atoms with E-state index in [1.165, 1.54) is 71.2 Å². The zero-order valence-electron chi connectivity index (χ0n) is 15.9. The summed E-state index contributed by atoms with van der Waals surface area (Å²) in [6, 6.07) is 0. The van der Waals surface area contributed by atoms with E-state index in [-0.39, 0.29) is 0 Å². The highest BCUT2D eigenvalue weighted by Gasteiger charge is 2.34. The van der Waals surface area contributed by atoms with Crippen LogP contribution in [0.5, 0.6) is 0 Å². The molecule has 140 valence electrons. The highest BCUT2D eigenvalue weighted by Crippen LogP contribution is 2.38. The lowest BCUT2D eigenvalue weighted by Crippen LogP contribution is -2.49. The second kappa shape index (κ2) is 9.01. The Morgan fingerprint density at radius 2 is 1.54 bits per heavy atom. The van der Waals surface area contributed by atoms with Gasteiger partial charge in [-0.15, -0.1) is 0 Å². The van der Waals surface area contributed by atoms with Gasteiger partial charge in [0.1, 0.15) is 0 Å². The van der Waals surface area contributed by atoms with Gasteiger partial charge in [0, 0.05) is 32.7 Å². The summed E-state index contributed by atoms with van der Waals surface area (Å²) in [5, 5.41) is 0. The number of piperazine rings is 1. The molecular formula is C20H37IN2O. The fourth-order valence-corrected chi connectivity index (χ4v) is 5.21. The highest BCUT2D eigenvalue weighted by molar-refractivity contribution is 14.1. The fourth-order valence-electron chi connectivity index (χ4n) is 4.65. The van der Waals surface area contributed by atoms with Gasteiger partial charge in [0.25, 0.3) is 0 Å². The Labute approximate surface area is 163 Å². The summed E-state index contributed by atoms with van der Waals surface area (Å²) >= 11 is 2.54. The first-order valence-electron chi connectivity index (χ1n) is 10.3. The van der Waals surface area contributed by atoms with E-state index in [9.17, 15) is 0 Å². The first-order valence-corrected chi connectivity index (χ1v) is 11.5. The predicted octanol–water partition coefficient (Wildman–Crippen LogP) is 4.40. The second-order valence-corrected chi connectivity index (χ2v) is 10.6. The maximum atomic E-state index is 6.37. The molecule has 0 aromatic carbocycles. The van der Waals surface area contributed by atoms with Crippen LogP contribution in [0.15, 0.2) is 0 Å². The summed E-state index contributed by atoms with van der Waals surface area (Å²) < 4.78 is 7.05. The number of rotatable bonds is 6. The van der Waals surface area contributed by atoms with Gasteiger partial charge in [-0.2, -0.15) is 0 Å². The van der Waals surface area contributed by atoms with Crippen LogP contribution in [0.25, 0.3) is 0 Å². The fraction of sp³-hybridized carbons (Fsp3) is 1.00. The van der Waals surface area contributed by atoms with Crippen molar-refractivity contribution in [3.63, 3.8) is 0 Å². The molecule has 1 saturated heterocycles. The van der Waals surface area contributed by atoms with Crippen molar-refractivity contribution in [2.24, 2.45) is 17.8 Å². The predicted molar refractivity (Wildman–Crippen MR) is 110 cm³/mol. The van der Waals surface area contributed by atoms with Gasteiger partial charge in [0.2, 0.25) is 0 Å². The molecule has 3 nitrogen and oxygen atoms in total. The highest BCUT2D eigenvalue weighted by atomic mass is 127. The standard InChI is InChI=1S/C20H37IN2O/c1-15(2)18-12-20(13-18)24-19-6-4-17(5-7-19)14-22-8-10-23(11-9-22)16(3)21/h15-20H,4-14H2,1-3H3. The SMILES string of the molecule is CC(C)C1CC(OC2CCC(CN3CCN(C(C)I)CC3)CC2)C1. The van der Waals surface area contributed by atoms with E-state index in [4.69, 9.17) is 4.74 Å². The molecule has 0 aromatic heterocycles. The minimum atomic E-state index is 0.566. The zero-order chi connectivity index (χ0) is 17.1. The Bertz CT molecular complexity index is 368. The van der Waals surface area contributed by atoms with E-state index in [1.54, 1.807) is 0 Å². The van der Waals surface area contributed by atoms with Gasteiger partial charge < -0.3 is 9.64 Å². The molecule has 0 bridgehead atoms. The van der Waals surface area contributed by atoms with Crippen molar-refractivity contribution < 1.29 is 4.74 Å². The Kier molecular flexibility index (Phi) is 7.27. The van der Waals surface area contributed by atoms with Crippen molar-refractivity contribution in [1.29, 1.82) is 0 Å². The van der Waals surface area contributed by atoms with E-state index < -0.39 is 0 Å². The van der Waals surface area contributed by atoms with E-state index in [2.05, 4.69) is 53.2 Å². The van der Waals surface area contributed by atoms with Crippen LogP contribution in [-0.4, -0.2) is 58.8 Å². The molecule has 1 unspecified atom stereocenters. The molecule has 1 atom stereocenters. The van der Waals surface area contributed by atoms with Gasteiger partial charge in [-0.05, 0) is 63.2 Å². The summed E-state index contributed by atoms with van der Waals surface area (Å²) in [7, 11) is 0. The molecular weight excluding hydrogens is 411 g/mol. The molecule has 1 heterocycles. The Morgan fingerprint density at radius 3 is 2.08 bits per heavy atom. The Balaban J connectivity index is 1.29. The van der Waals surface area contributed by atoms with Crippen molar-refractivity contribution in [1.82, 2.24) is 9.80 Å². The van der Waals surface area contributed by atoms with Crippen molar-refractivity contribution in [3.05, 3.63) is 0 Å². The summed E-state index contributed by atoms with van der Waals surface area (Å²) in [6.45, 7) is 13.4. The zero-order valence-corrected chi connectivity index (χ0v) is 18.1. The molecule has 0 radical (unpaired) electrons. The van der Waals surface area contributed by atoms with Crippen LogP contribution in [-0.2, 0) is 4.74 Å². The molecule has 0 spiro atoms. The van der Waals surface area contributed by atoms with E-state index in [0.29, 0.717) is 16.3 Å². The summed E-state index contributed by atoms with van der Waals surface area (Å²) in [6.07, 6.45) is 9.16. The molecule has 0 N–H and O–H groups in total. The number of hydrogen-bond acceptors (Lipinski definition) is 3. The largest absolute Gasteiger partial charge is 0.375 e. The van der Waals surface area contributed by atoms with Gasteiger partial charge in [-0.1, -0.05) is 36.4 Å². The molecule has 24 heavy (non-hydrogen) atoms. The summed E-state index contributed by atoms with van der Waals surface area (Å²) in [5.74, 6) is 2.68. The van der Waals surface area contributed by atoms with Gasteiger partial charge in [0.15, 0.2) is 0 Å². The molecule has 3 rings (SSSR count). The number of hydrogen-bond donors (Lipinski definition) is 0. The molecule has 2 saturated carbocycles. The van der Waals surface area contributed by atoms with Crippen LogP contribution in [0.3, 0.4) is 0 Å². The van der Waals surface area contributed by atoms with Gasteiger partial charge in [-0.25, -0.2) is 0 Å². The number of alkyl halides is 1. The van der Waals surface area contributed by atoms with Gasteiger partial charge in [-0.3, -0.25) is 4.90 Å². The topological polar surface area (TPSA) is 15.7 Å². The van der Waals surface area contributed by atoms with Crippen molar-refractivity contribution in [2.75, 3.05) is 32.7 Å². The Hall–Kier alpha value is 0.610. The summed E-state index contributed by atoms with van der Waals surface area (Å²) in [5.41, 5.74) is 0. The lowest BCUT2D eigenvalue weighted by Gasteiger charge is -2.42. The van der Waals surface area contributed by atoms with Crippen LogP contribution in [0.2, 0.25) is 0 Å². The Morgan fingerprint density at radius 1 is 0.917 bits per heavy atom. The van der Waals surface area contributed by atoms with E-state index >= 15 is 0 Å². The number of ether oxygens (including phenoxy) is 1. The van der Waals surface area contributed by atoms with Crippen LogP contribution in [0.4, 0.5) is 0 Å². The lowest BCUT2D eigenvalue weighted by atomic mass is 9.75. The third kappa shape index (κ3) is 5.31. The molecule has 2 aliphatic carbocycles. The average molecular weight is 448 g/mol. The number of nitrogens with zero attached hydrogens (tertiary/aromatic N) is 2. The van der Waals surface area contributed by atoms with Crippen LogP contribution in [0, 0.1) is 17.8 Å². The van der Waals surface area contributed by atoms with Gasteiger partial charge >= 0.3 is 0 Å². The van der Waals surface area contributed by atoms with Crippen molar-refractivity contribution in [2.45, 2.75) is 75.6 Å². The van der Waals surface area contributed by atoms with Crippen LogP contribution >= 0.6 is 22.6 Å². The first-order chi connectivity index (χ1) is 11.5. The van der Waals surface area contributed by atoms with Crippen molar-refractivity contribution in [3.8, 4) is 0 Å². The van der Waals surface area contributed by atoms with Crippen LogP contribution < -0.4 is 0 Å². The minimum absolute atomic E-state index is 0.566. The maximum Gasteiger partial charge on any atom is 0.0590 e. The summed E-state index contributed by atoms with van der Waals surface area (Å²) in [4.78, 5) is 5.31. The molecule has 0 amide bonds. The van der Waals surface area contributed by atoms with E-state index in [0.717, 1.165) is 17.8 Å². The van der Waals surface area contributed by atoms with Gasteiger partial charge in [0.05, 0.1) is 16.3 Å². The molecule has 4 heteroatoms. The third-order valence-electron chi connectivity index (χ3n) is 6.68.